The molecular formula is C24H24N2OS. The summed E-state index contributed by atoms with van der Waals surface area (Å²) in [6.07, 6.45) is 8.45. The zero-order valence-corrected chi connectivity index (χ0v) is 16.7. The van der Waals surface area contributed by atoms with Gasteiger partial charge in [-0.05, 0) is 91.5 Å². The summed E-state index contributed by atoms with van der Waals surface area (Å²) < 4.78 is 1.09. The first-order valence-corrected chi connectivity index (χ1v) is 11.3. The minimum absolute atomic E-state index is 0.0730. The number of nitrogens with one attached hydrogen (secondary N) is 1. The average Bonchev–Trinajstić information content (AvgIpc) is 3.09. The van der Waals surface area contributed by atoms with Crippen LogP contribution in [0.1, 0.15) is 54.4 Å². The van der Waals surface area contributed by atoms with Gasteiger partial charge >= 0.3 is 0 Å². The summed E-state index contributed by atoms with van der Waals surface area (Å²) in [6, 6.07) is 16.4. The number of rotatable bonds is 3. The first-order valence-electron chi connectivity index (χ1n) is 10.4. The Labute approximate surface area is 169 Å². The van der Waals surface area contributed by atoms with Crippen molar-refractivity contribution in [2.45, 2.75) is 43.9 Å². The van der Waals surface area contributed by atoms with Crippen molar-refractivity contribution in [1.82, 2.24) is 4.98 Å². The summed E-state index contributed by atoms with van der Waals surface area (Å²) in [6.45, 7) is 0. The van der Waals surface area contributed by atoms with Crippen molar-refractivity contribution in [3.63, 3.8) is 0 Å². The lowest BCUT2D eigenvalue weighted by Crippen LogP contribution is -2.48. The largest absolute Gasteiger partial charge is 0.298 e. The Kier molecular flexibility index (Phi) is 3.67. The molecule has 0 aliphatic heterocycles. The van der Waals surface area contributed by atoms with E-state index < -0.39 is 0 Å². The van der Waals surface area contributed by atoms with E-state index in [-0.39, 0.29) is 5.91 Å². The third kappa shape index (κ3) is 2.69. The third-order valence-corrected chi connectivity index (χ3v) is 8.26. The fraction of sp³-hybridized carbons (Fsp3) is 0.417. The van der Waals surface area contributed by atoms with Crippen molar-refractivity contribution < 1.29 is 4.79 Å². The molecule has 4 heteroatoms. The number of benzene rings is 2. The summed E-state index contributed by atoms with van der Waals surface area (Å²) in [4.78, 5) is 17.2. The summed E-state index contributed by atoms with van der Waals surface area (Å²) in [5.74, 6) is 2.74. The van der Waals surface area contributed by atoms with E-state index in [2.05, 4.69) is 22.4 Å². The minimum Gasteiger partial charge on any atom is -0.298 e. The number of nitrogens with zero attached hydrogens (tertiary/aromatic N) is 1. The van der Waals surface area contributed by atoms with Crippen LogP contribution in [0, 0.1) is 17.8 Å². The molecule has 1 amide bonds. The van der Waals surface area contributed by atoms with Gasteiger partial charge in [-0.1, -0.05) is 35.6 Å². The molecule has 28 heavy (non-hydrogen) atoms. The molecule has 0 saturated heterocycles. The summed E-state index contributed by atoms with van der Waals surface area (Å²) in [5.41, 5.74) is 3.49. The quantitative estimate of drug-likeness (QED) is 0.596. The van der Waals surface area contributed by atoms with Gasteiger partial charge < -0.3 is 0 Å². The molecule has 0 spiro atoms. The molecule has 4 bridgehead atoms. The molecule has 0 radical (unpaired) electrons. The number of thiazole rings is 1. The first-order chi connectivity index (χ1) is 13.7. The van der Waals surface area contributed by atoms with Gasteiger partial charge in [-0.2, -0.15) is 0 Å². The number of fused-ring (bicyclic) bond motifs is 1. The lowest BCUT2D eigenvalue weighted by molar-refractivity contribution is -0.00519. The Hall–Kier alpha value is -2.20. The highest BCUT2D eigenvalue weighted by atomic mass is 32.1. The third-order valence-electron chi connectivity index (χ3n) is 7.31. The second-order valence-electron chi connectivity index (χ2n) is 9.22. The fourth-order valence-electron chi connectivity index (χ4n) is 6.53. The lowest BCUT2D eigenvalue weighted by atomic mass is 9.48. The number of para-hydroxylation sites is 1. The van der Waals surface area contributed by atoms with Crippen LogP contribution in [-0.2, 0) is 5.41 Å². The summed E-state index contributed by atoms with van der Waals surface area (Å²) in [5, 5.41) is 3.63. The molecule has 0 unspecified atom stereocenters. The monoisotopic (exact) mass is 388 g/mol. The van der Waals surface area contributed by atoms with Gasteiger partial charge in [0.15, 0.2) is 5.13 Å². The van der Waals surface area contributed by atoms with Gasteiger partial charge in [0.2, 0.25) is 0 Å². The number of carbonyl (C=O) groups is 1. The van der Waals surface area contributed by atoms with Gasteiger partial charge in [0.05, 0.1) is 10.2 Å². The number of aromatic nitrogens is 1. The maximum absolute atomic E-state index is 12.7. The Morgan fingerprint density at radius 2 is 1.57 bits per heavy atom. The van der Waals surface area contributed by atoms with Gasteiger partial charge in [0.25, 0.3) is 5.91 Å². The molecule has 4 aliphatic carbocycles. The van der Waals surface area contributed by atoms with E-state index in [4.69, 9.17) is 0 Å². The zero-order chi connectivity index (χ0) is 18.7. The molecule has 1 N–H and O–H groups in total. The lowest BCUT2D eigenvalue weighted by Gasteiger charge is -2.57. The highest BCUT2D eigenvalue weighted by Gasteiger charge is 2.51. The number of amides is 1. The van der Waals surface area contributed by atoms with Gasteiger partial charge in [-0.3, -0.25) is 10.1 Å². The van der Waals surface area contributed by atoms with E-state index in [1.165, 1.54) is 55.4 Å². The van der Waals surface area contributed by atoms with Crippen molar-refractivity contribution >= 4 is 32.6 Å². The molecule has 4 saturated carbocycles. The molecule has 1 aromatic heterocycles. The van der Waals surface area contributed by atoms with Crippen LogP contribution in [0.4, 0.5) is 5.13 Å². The van der Waals surface area contributed by atoms with Gasteiger partial charge in [0.1, 0.15) is 0 Å². The molecule has 1 heterocycles. The highest BCUT2D eigenvalue weighted by Crippen LogP contribution is 2.60. The van der Waals surface area contributed by atoms with Crippen LogP contribution in [0.5, 0.6) is 0 Å². The van der Waals surface area contributed by atoms with Crippen LogP contribution in [0.15, 0.2) is 48.5 Å². The Morgan fingerprint density at radius 3 is 2.21 bits per heavy atom. The van der Waals surface area contributed by atoms with Crippen LogP contribution in [0.25, 0.3) is 10.2 Å². The topological polar surface area (TPSA) is 42.0 Å². The van der Waals surface area contributed by atoms with E-state index >= 15 is 0 Å². The molecule has 2 aromatic carbocycles. The predicted molar refractivity (Wildman–Crippen MR) is 114 cm³/mol. The van der Waals surface area contributed by atoms with Crippen LogP contribution in [0.3, 0.4) is 0 Å². The molecule has 142 valence electrons. The second kappa shape index (κ2) is 6.15. The van der Waals surface area contributed by atoms with Crippen molar-refractivity contribution in [1.29, 1.82) is 0 Å². The Bertz CT molecular complexity index is 984. The fourth-order valence-corrected chi connectivity index (χ4v) is 7.40. The maximum atomic E-state index is 12.7. The number of hydrogen-bond acceptors (Lipinski definition) is 3. The molecule has 3 nitrogen and oxygen atoms in total. The molecule has 3 aromatic rings. The predicted octanol–water partition coefficient (Wildman–Crippen LogP) is 6.02. The van der Waals surface area contributed by atoms with Crippen molar-refractivity contribution in [3.05, 3.63) is 59.7 Å². The van der Waals surface area contributed by atoms with E-state index in [1.807, 2.05) is 36.4 Å². The van der Waals surface area contributed by atoms with Gasteiger partial charge in [-0.15, -0.1) is 0 Å². The summed E-state index contributed by atoms with van der Waals surface area (Å²) >= 11 is 1.52. The number of carbonyl (C=O) groups excluding carboxylic acids is 1. The maximum Gasteiger partial charge on any atom is 0.257 e. The molecule has 4 fully saturated rings. The van der Waals surface area contributed by atoms with Crippen LogP contribution in [-0.4, -0.2) is 10.9 Å². The van der Waals surface area contributed by atoms with Crippen molar-refractivity contribution in [2.75, 3.05) is 5.32 Å². The van der Waals surface area contributed by atoms with Gasteiger partial charge in [-0.25, -0.2) is 4.98 Å². The molecule has 7 rings (SSSR count). The highest BCUT2D eigenvalue weighted by molar-refractivity contribution is 7.22. The normalized spacial score (nSPS) is 30.6. The number of anilines is 1. The van der Waals surface area contributed by atoms with Crippen LogP contribution in [0.2, 0.25) is 0 Å². The number of hydrogen-bond donors (Lipinski definition) is 1. The first kappa shape index (κ1) is 16.7. The Morgan fingerprint density at radius 1 is 0.929 bits per heavy atom. The van der Waals surface area contributed by atoms with E-state index in [0.29, 0.717) is 16.1 Å². The standard InChI is InChI=1S/C24H24N2OS/c27-22(26-23-25-20-3-1-2-4-21(20)28-23)18-5-7-19(8-6-18)24-12-15-9-16(13-24)11-17(10-15)14-24/h1-8,15-17H,9-14H2,(H,25,26,27). The van der Waals surface area contributed by atoms with Gasteiger partial charge in [0, 0.05) is 5.56 Å². The molecule has 4 aliphatic rings. The summed E-state index contributed by atoms with van der Waals surface area (Å²) in [7, 11) is 0. The molecule has 0 atom stereocenters. The second-order valence-corrected chi connectivity index (χ2v) is 10.2. The SMILES string of the molecule is O=C(Nc1nc2ccccc2s1)c1ccc(C23CC4CC(CC(C4)C2)C3)cc1. The minimum atomic E-state index is -0.0730. The smallest absolute Gasteiger partial charge is 0.257 e. The molecular weight excluding hydrogens is 364 g/mol. The average molecular weight is 389 g/mol. The van der Waals surface area contributed by atoms with Crippen molar-refractivity contribution in [3.8, 4) is 0 Å². The zero-order valence-electron chi connectivity index (χ0n) is 15.9. The van der Waals surface area contributed by atoms with E-state index in [0.717, 1.165) is 28.0 Å². The van der Waals surface area contributed by atoms with E-state index in [1.54, 1.807) is 0 Å². The van der Waals surface area contributed by atoms with E-state index in [9.17, 15) is 4.79 Å². The van der Waals surface area contributed by atoms with Crippen molar-refractivity contribution in [2.24, 2.45) is 17.8 Å². The van der Waals surface area contributed by atoms with Crippen LogP contribution < -0.4 is 5.32 Å². The van der Waals surface area contributed by atoms with Crippen LogP contribution >= 0.6 is 11.3 Å². The Balaban J connectivity index is 1.22.